The first-order chi connectivity index (χ1) is 6.22. The monoisotopic (exact) mass is 180 g/mol. The van der Waals surface area contributed by atoms with Crippen LogP contribution in [0.1, 0.15) is 12.5 Å². The van der Waals surface area contributed by atoms with Gasteiger partial charge in [0.15, 0.2) is 12.4 Å². The van der Waals surface area contributed by atoms with Crippen molar-refractivity contribution in [1.29, 1.82) is 0 Å². The van der Waals surface area contributed by atoms with E-state index in [2.05, 4.69) is 0 Å². The van der Waals surface area contributed by atoms with Crippen molar-refractivity contribution in [2.45, 2.75) is 20.4 Å². The minimum atomic E-state index is -0.196. The number of hydrogen-bond acceptors (Lipinski definition) is 2. The molecule has 3 heteroatoms. The second kappa shape index (κ2) is 4.60. The number of carbonyl (C=O) groups excluding carboxylic acids is 1. The van der Waals surface area contributed by atoms with Gasteiger partial charge in [0.1, 0.15) is 0 Å². The number of esters is 1. The number of ether oxygens (including phenoxy) is 1. The fourth-order valence-corrected chi connectivity index (χ4v) is 1.11. The molecule has 0 saturated carbocycles. The molecule has 0 unspecified atom stereocenters. The summed E-state index contributed by atoms with van der Waals surface area (Å²) in [5.41, 5.74) is 1.13. The summed E-state index contributed by atoms with van der Waals surface area (Å²) in [7, 11) is 0. The van der Waals surface area contributed by atoms with Crippen LogP contribution < -0.4 is 4.57 Å². The minimum Gasteiger partial charge on any atom is -0.461 e. The maximum Gasteiger partial charge on any atom is 0.372 e. The molecule has 1 aromatic rings. The summed E-state index contributed by atoms with van der Waals surface area (Å²) in [5, 5.41) is 0. The molecule has 1 heterocycles. The summed E-state index contributed by atoms with van der Waals surface area (Å²) in [4.78, 5) is 11.1. The molecule has 0 spiro atoms. The Morgan fingerprint density at radius 3 is 3.00 bits per heavy atom. The number of aryl methyl sites for hydroxylation is 1. The number of nitrogens with zero attached hydrogens (tertiary/aromatic N) is 1. The summed E-state index contributed by atoms with van der Waals surface area (Å²) in [6, 6.07) is 3.90. The topological polar surface area (TPSA) is 30.2 Å². The number of aromatic nitrogens is 1. The van der Waals surface area contributed by atoms with E-state index < -0.39 is 0 Å². The number of carbonyl (C=O) groups is 1. The summed E-state index contributed by atoms with van der Waals surface area (Å²) < 4.78 is 6.64. The molecule has 0 saturated heterocycles. The van der Waals surface area contributed by atoms with Crippen molar-refractivity contribution in [1.82, 2.24) is 0 Å². The van der Waals surface area contributed by atoms with Crippen LogP contribution in [0.15, 0.2) is 24.5 Å². The average Bonchev–Trinajstić information content (AvgIpc) is 2.04. The molecule has 70 valence electrons. The smallest absolute Gasteiger partial charge is 0.372 e. The van der Waals surface area contributed by atoms with Gasteiger partial charge in [0.2, 0.25) is 6.54 Å². The highest BCUT2D eigenvalue weighted by molar-refractivity contribution is 5.67. The Bertz CT molecular complexity index is 297. The molecule has 13 heavy (non-hydrogen) atoms. The van der Waals surface area contributed by atoms with Crippen LogP contribution in [-0.2, 0) is 16.1 Å². The fourth-order valence-electron chi connectivity index (χ4n) is 1.11. The molecule has 3 nitrogen and oxygen atoms in total. The molecule has 0 amide bonds. The van der Waals surface area contributed by atoms with Gasteiger partial charge < -0.3 is 4.74 Å². The van der Waals surface area contributed by atoms with Crippen molar-refractivity contribution in [3.8, 4) is 0 Å². The summed E-state index contributed by atoms with van der Waals surface area (Å²) >= 11 is 0. The van der Waals surface area contributed by atoms with Gasteiger partial charge in [-0.2, -0.15) is 4.57 Å². The van der Waals surface area contributed by atoms with Crippen molar-refractivity contribution >= 4 is 5.97 Å². The van der Waals surface area contributed by atoms with E-state index in [1.807, 2.05) is 36.0 Å². The van der Waals surface area contributed by atoms with E-state index in [1.54, 1.807) is 6.92 Å². The molecule has 0 aliphatic carbocycles. The molecule has 0 aliphatic heterocycles. The molecule has 0 aliphatic rings. The molecule has 1 rings (SSSR count). The predicted octanol–water partition coefficient (Wildman–Crippen LogP) is 0.846. The zero-order chi connectivity index (χ0) is 9.68. The lowest BCUT2D eigenvalue weighted by atomic mass is 10.3. The molecule has 0 aromatic carbocycles. The lowest BCUT2D eigenvalue weighted by Gasteiger charge is -1.98. The maximum absolute atomic E-state index is 11.1. The van der Waals surface area contributed by atoms with E-state index in [0.29, 0.717) is 6.61 Å². The highest BCUT2D eigenvalue weighted by Gasteiger charge is 2.08. The van der Waals surface area contributed by atoms with Gasteiger partial charge >= 0.3 is 5.97 Å². The molecule has 1 aromatic heterocycles. The zero-order valence-corrected chi connectivity index (χ0v) is 7.99. The first-order valence-corrected chi connectivity index (χ1v) is 4.33. The molecular formula is C10H14NO2+. The van der Waals surface area contributed by atoms with E-state index in [4.69, 9.17) is 4.74 Å². The molecule has 0 fully saturated rings. The van der Waals surface area contributed by atoms with Gasteiger partial charge in [0.05, 0.1) is 6.61 Å². The van der Waals surface area contributed by atoms with Crippen molar-refractivity contribution in [3.63, 3.8) is 0 Å². The molecule has 0 N–H and O–H groups in total. The van der Waals surface area contributed by atoms with Crippen LogP contribution in [0.4, 0.5) is 0 Å². The zero-order valence-electron chi connectivity index (χ0n) is 7.99. The minimum absolute atomic E-state index is 0.196. The molecular weight excluding hydrogens is 166 g/mol. The second-order valence-corrected chi connectivity index (χ2v) is 2.86. The van der Waals surface area contributed by atoms with E-state index in [1.165, 1.54) is 0 Å². The van der Waals surface area contributed by atoms with Crippen LogP contribution >= 0.6 is 0 Å². The summed E-state index contributed by atoms with van der Waals surface area (Å²) in [6.45, 7) is 4.52. The Hall–Kier alpha value is -1.38. The Morgan fingerprint density at radius 1 is 1.62 bits per heavy atom. The highest BCUT2D eigenvalue weighted by Crippen LogP contribution is 1.89. The fraction of sp³-hybridized carbons (Fsp3) is 0.400. The lowest BCUT2D eigenvalue weighted by Crippen LogP contribution is -2.38. The van der Waals surface area contributed by atoms with Crippen LogP contribution in [0.5, 0.6) is 0 Å². The van der Waals surface area contributed by atoms with Gasteiger partial charge in [0.25, 0.3) is 0 Å². The van der Waals surface area contributed by atoms with Crippen LogP contribution in [0, 0.1) is 6.92 Å². The van der Waals surface area contributed by atoms with Crippen molar-refractivity contribution < 1.29 is 14.1 Å². The maximum atomic E-state index is 11.1. The number of pyridine rings is 1. The number of rotatable bonds is 3. The van der Waals surface area contributed by atoms with Crippen molar-refractivity contribution in [3.05, 3.63) is 30.1 Å². The van der Waals surface area contributed by atoms with Gasteiger partial charge in [0, 0.05) is 11.6 Å². The predicted molar refractivity (Wildman–Crippen MR) is 48.0 cm³/mol. The standard InChI is InChI=1S/C10H14NO2/c1-3-13-10(12)8-11-6-4-5-9(2)7-11/h4-7H,3,8H2,1-2H3/q+1. The van der Waals surface area contributed by atoms with Crippen LogP contribution in [0.2, 0.25) is 0 Å². The molecule has 0 bridgehead atoms. The summed E-state index contributed by atoms with van der Waals surface area (Å²) in [6.07, 6.45) is 3.76. The third kappa shape index (κ3) is 3.23. The molecule has 0 atom stereocenters. The van der Waals surface area contributed by atoms with E-state index >= 15 is 0 Å². The third-order valence-electron chi connectivity index (χ3n) is 1.62. The Morgan fingerprint density at radius 2 is 2.38 bits per heavy atom. The van der Waals surface area contributed by atoms with Crippen molar-refractivity contribution in [2.24, 2.45) is 0 Å². The van der Waals surface area contributed by atoms with Crippen LogP contribution in [0.3, 0.4) is 0 Å². The van der Waals surface area contributed by atoms with Crippen LogP contribution in [-0.4, -0.2) is 12.6 Å². The Labute approximate surface area is 78.0 Å². The lowest BCUT2D eigenvalue weighted by molar-refractivity contribution is -0.686. The Kier molecular flexibility index (Phi) is 3.43. The van der Waals surface area contributed by atoms with E-state index in [0.717, 1.165) is 5.56 Å². The average molecular weight is 180 g/mol. The van der Waals surface area contributed by atoms with Gasteiger partial charge in [-0.15, -0.1) is 0 Å². The SMILES string of the molecule is CCOC(=O)C[n+]1cccc(C)c1. The largest absolute Gasteiger partial charge is 0.461 e. The van der Waals surface area contributed by atoms with Crippen molar-refractivity contribution in [2.75, 3.05) is 6.61 Å². The normalized spacial score (nSPS) is 9.69. The van der Waals surface area contributed by atoms with E-state index in [-0.39, 0.29) is 12.5 Å². The first kappa shape index (κ1) is 9.71. The van der Waals surface area contributed by atoms with Gasteiger partial charge in [-0.05, 0) is 19.9 Å². The second-order valence-electron chi connectivity index (χ2n) is 2.86. The van der Waals surface area contributed by atoms with E-state index in [9.17, 15) is 4.79 Å². The Balaban J connectivity index is 2.58. The highest BCUT2D eigenvalue weighted by atomic mass is 16.5. The van der Waals surface area contributed by atoms with Gasteiger partial charge in [-0.3, -0.25) is 0 Å². The van der Waals surface area contributed by atoms with Gasteiger partial charge in [-0.1, -0.05) is 0 Å². The summed E-state index contributed by atoms with van der Waals surface area (Å²) in [5.74, 6) is -0.196. The third-order valence-corrected chi connectivity index (χ3v) is 1.62. The molecule has 0 radical (unpaired) electrons. The quantitative estimate of drug-likeness (QED) is 0.510. The van der Waals surface area contributed by atoms with Crippen LogP contribution in [0.25, 0.3) is 0 Å². The van der Waals surface area contributed by atoms with Gasteiger partial charge in [-0.25, -0.2) is 4.79 Å². The first-order valence-electron chi connectivity index (χ1n) is 4.33. The number of hydrogen-bond donors (Lipinski definition) is 0.